The lowest BCUT2D eigenvalue weighted by Crippen LogP contribution is -2.47. The molecule has 0 atom stereocenters. The molecule has 4 N–H and O–H groups in total. The van der Waals surface area contributed by atoms with E-state index in [0.717, 1.165) is 4.90 Å². The van der Waals surface area contributed by atoms with E-state index in [1.807, 2.05) is 0 Å². The van der Waals surface area contributed by atoms with E-state index in [2.05, 4.69) is 25.6 Å². The van der Waals surface area contributed by atoms with E-state index < -0.39 is 30.0 Å². The summed E-state index contributed by atoms with van der Waals surface area (Å²) in [6.07, 6.45) is 4.70. The maximum absolute atomic E-state index is 14.4. The zero-order valence-electron chi connectivity index (χ0n) is 19.3. The molecule has 0 radical (unpaired) electrons. The molecule has 0 fully saturated rings. The Hall–Kier alpha value is -4.74. The van der Waals surface area contributed by atoms with Crippen LogP contribution in [0.3, 0.4) is 0 Å². The van der Waals surface area contributed by atoms with Gasteiger partial charge in [0.25, 0.3) is 0 Å². The first-order chi connectivity index (χ1) is 17.2. The monoisotopic (exact) mass is 497 g/mol. The first-order valence-electron chi connectivity index (χ1n) is 10.5. The lowest BCUT2D eigenvalue weighted by molar-refractivity contribution is -0.108. The number of nitrogens with one attached hydrogen (secondary N) is 2. The number of carbonyl (C=O) groups is 2. The first-order valence-corrected chi connectivity index (χ1v) is 10.5. The summed E-state index contributed by atoms with van der Waals surface area (Å²) in [7, 11) is 1.57. The number of nitrogens with zero attached hydrogens (tertiary/aromatic N) is 4. The van der Waals surface area contributed by atoms with Gasteiger partial charge in [0.2, 0.25) is 12.4 Å². The number of nitrogens with two attached hydrogens (primary N) is 1. The number of rotatable bonds is 6. The van der Waals surface area contributed by atoms with Gasteiger partial charge in [0.15, 0.2) is 11.6 Å². The third kappa shape index (κ3) is 6.44. The Morgan fingerprint density at radius 1 is 1.11 bits per heavy atom. The summed E-state index contributed by atoms with van der Waals surface area (Å²) >= 11 is 0. The zero-order chi connectivity index (χ0) is 26.2. The van der Waals surface area contributed by atoms with Gasteiger partial charge < -0.3 is 5.73 Å². The number of hydrogen-bond acceptors (Lipinski definition) is 6. The fraction of sp³-hybridized carbons (Fsp3) is 0.125. The minimum absolute atomic E-state index is 0.232. The van der Waals surface area contributed by atoms with E-state index in [9.17, 15) is 22.8 Å². The molecule has 186 valence electrons. The number of aliphatic imine (C=N–C) groups is 2. The minimum atomic E-state index is -1.36. The molecule has 0 aliphatic carbocycles. The molecule has 0 saturated heterocycles. The van der Waals surface area contributed by atoms with Crippen molar-refractivity contribution < 1.29 is 22.8 Å². The second kappa shape index (κ2) is 11.6. The number of guanidine groups is 1. The number of amides is 3. The molecule has 12 heteroatoms. The summed E-state index contributed by atoms with van der Waals surface area (Å²) in [6.45, 7) is 1.25. The molecule has 3 aromatic rings. The molecule has 3 rings (SSSR count). The molecule has 3 amide bonds. The van der Waals surface area contributed by atoms with E-state index in [0.29, 0.717) is 41.0 Å². The van der Waals surface area contributed by atoms with Crippen LogP contribution >= 0.6 is 0 Å². The topological polar surface area (TPSA) is 125 Å². The molecule has 0 saturated carbocycles. The minimum Gasteiger partial charge on any atom is -0.398 e. The zero-order valence-corrected chi connectivity index (χ0v) is 19.3. The van der Waals surface area contributed by atoms with Gasteiger partial charge in [-0.05, 0) is 42.8 Å². The number of nitrogen functional groups attached to an aromatic ring is 1. The molecule has 1 heterocycles. The number of hydrogen-bond donors (Lipinski definition) is 3. The van der Waals surface area contributed by atoms with Crippen LogP contribution in [-0.4, -0.2) is 36.6 Å². The van der Waals surface area contributed by atoms with Crippen molar-refractivity contribution in [3.63, 3.8) is 0 Å². The molecule has 2 aromatic carbocycles. The molecular weight excluding hydrogens is 475 g/mol. The predicted molar refractivity (Wildman–Crippen MR) is 131 cm³/mol. The molecule has 0 aliphatic rings. The van der Waals surface area contributed by atoms with Gasteiger partial charge in [-0.3, -0.25) is 30.3 Å². The number of pyridine rings is 1. The predicted octanol–water partition coefficient (Wildman–Crippen LogP) is 3.59. The Balaban J connectivity index is 1.97. The van der Waals surface area contributed by atoms with E-state index in [1.165, 1.54) is 18.6 Å². The highest BCUT2D eigenvalue weighted by molar-refractivity contribution is 6.06. The second-order valence-corrected chi connectivity index (χ2v) is 7.52. The molecule has 1 aromatic heterocycles. The number of anilines is 2. The highest BCUT2D eigenvalue weighted by Crippen LogP contribution is 2.22. The summed E-state index contributed by atoms with van der Waals surface area (Å²) in [5.74, 6) is -3.92. The SMILES string of the molecule is CN=Cc1cc(N=C(NC=O)NC(=O)N(Cc2cc(F)c(F)cc2F)c2cncc(C)c2)ccc1N. The average molecular weight is 497 g/mol. The van der Waals surface area contributed by atoms with Gasteiger partial charge in [0.05, 0.1) is 24.1 Å². The Labute approximate surface area is 204 Å². The van der Waals surface area contributed by atoms with Gasteiger partial charge in [-0.15, -0.1) is 0 Å². The van der Waals surface area contributed by atoms with Crippen molar-refractivity contribution >= 4 is 41.7 Å². The number of benzene rings is 2. The molecular formula is C24H22F3N7O2. The van der Waals surface area contributed by atoms with E-state index in [1.54, 1.807) is 38.2 Å². The molecule has 0 spiro atoms. The van der Waals surface area contributed by atoms with E-state index in [4.69, 9.17) is 5.73 Å². The van der Waals surface area contributed by atoms with Crippen molar-refractivity contribution in [2.45, 2.75) is 13.5 Å². The summed E-state index contributed by atoms with van der Waals surface area (Å²) in [4.78, 5) is 37.6. The fourth-order valence-corrected chi connectivity index (χ4v) is 3.15. The van der Waals surface area contributed by atoms with Gasteiger partial charge in [-0.25, -0.2) is 23.0 Å². The third-order valence-corrected chi connectivity index (χ3v) is 4.84. The quantitative estimate of drug-likeness (QED) is 0.158. The molecule has 9 nitrogen and oxygen atoms in total. The van der Waals surface area contributed by atoms with Crippen LogP contribution in [0.25, 0.3) is 0 Å². The summed E-state index contributed by atoms with van der Waals surface area (Å²) in [5.41, 5.74) is 7.87. The van der Waals surface area contributed by atoms with Crippen LogP contribution < -0.4 is 21.3 Å². The van der Waals surface area contributed by atoms with Crippen molar-refractivity contribution in [2.75, 3.05) is 17.7 Å². The lowest BCUT2D eigenvalue weighted by atomic mass is 10.1. The standard InChI is InChI=1S/C24H22F3N7O2/c1-14-5-18(11-30-9-14)34(12-16-7-20(26)21(27)8-19(16)25)24(36)33-23(31-13-35)32-17-3-4-22(28)15(6-17)10-29-2/h3-11,13H,12,28H2,1-2H3,(H2,31,32,33,35,36). The van der Waals surface area contributed by atoms with Crippen LogP contribution in [-0.2, 0) is 11.3 Å². The van der Waals surface area contributed by atoms with Crippen LogP contribution in [0, 0.1) is 24.4 Å². The largest absolute Gasteiger partial charge is 0.398 e. The Morgan fingerprint density at radius 2 is 1.86 bits per heavy atom. The highest BCUT2D eigenvalue weighted by Gasteiger charge is 2.21. The van der Waals surface area contributed by atoms with E-state index in [-0.39, 0.29) is 17.2 Å². The Kier molecular flexibility index (Phi) is 8.34. The smallest absolute Gasteiger partial charge is 0.329 e. The second-order valence-electron chi connectivity index (χ2n) is 7.52. The van der Waals surface area contributed by atoms with Crippen LogP contribution in [0.4, 0.5) is 35.0 Å². The fourth-order valence-electron chi connectivity index (χ4n) is 3.15. The number of halogens is 3. The van der Waals surface area contributed by atoms with Crippen molar-refractivity contribution in [1.29, 1.82) is 0 Å². The maximum Gasteiger partial charge on any atom is 0.329 e. The van der Waals surface area contributed by atoms with Crippen LogP contribution in [0.1, 0.15) is 16.7 Å². The molecule has 36 heavy (non-hydrogen) atoms. The number of aryl methyl sites for hydroxylation is 1. The summed E-state index contributed by atoms with van der Waals surface area (Å²) in [5, 5.41) is 4.71. The number of urea groups is 1. The van der Waals surface area contributed by atoms with Gasteiger partial charge in [0.1, 0.15) is 5.82 Å². The van der Waals surface area contributed by atoms with Crippen LogP contribution in [0.2, 0.25) is 0 Å². The van der Waals surface area contributed by atoms with Gasteiger partial charge in [0, 0.05) is 42.3 Å². The van der Waals surface area contributed by atoms with Crippen molar-refractivity contribution in [3.8, 4) is 0 Å². The molecule has 0 aliphatic heterocycles. The maximum atomic E-state index is 14.4. The molecule has 0 bridgehead atoms. The Morgan fingerprint density at radius 3 is 2.56 bits per heavy atom. The van der Waals surface area contributed by atoms with Gasteiger partial charge in [-0.2, -0.15) is 0 Å². The summed E-state index contributed by atoms with van der Waals surface area (Å²) < 4.78 is 41.6. The van der Waals surface area contributed by atoms with Crippen LogP contribution in [0.5, 0.6) is 0 Å². The van der Waals surface area contributed by atoms with Crippen LogP contribution in [0.15, 0.2) is 58.8 Å². The number of aromatic nitrogens is 1. The summed E-state index contributed by atoms with van der Waals surface area (Å²) in [6, 6.07) is 6.51. The van der Waals surface area contributed by atoms with Crippen molar-refractivity contribution in [2.24, 2.45) is 9.98 Å². The average Bonchev–Trinajstić information content (AvgIpc) is 2.83. The first kappa shape index (κ1) is 25.9. The number of carbonyl (C=O) groups excluding carboxylic acids is 2. The molecule has 0 unspecified atom stereocenters. The van der Waals surface area contributed by atoms with Crippen molar-refractivity contribution in [1.82, 2.24) is 15.6 Å². The highest BCUT2D eigenvalue weighted by atomic mass is 19.2. The third-order valence-electron chi connectivity index (χ3n) is 4.84. The Bertz CT molecular complexity index is 1350. The van der Waals surface area contributed by atoms with Gasteiger partial charge in [-0.1, -0.05) is 0 Å². The van der Waals surface area contributed by atoms with E-state index >= 15 is 0 Å². The van der Waals surface area contributed by atoms with Gasteiger partial charge >= 0.3 is 6.03 Å². The lowest BCUT2D eigenvalue weighted by Gasteiger charge is -2.24. The normalized spacial score (nSPS) is 11.4. The van der Waals surface area contributed by atoms with Crippen molar-refractivity contribution in [3.05, 3.63) is 82.9 Å².